The van der Waals surface area contributed by atoms with Gasteiger partial charge in [0.25, 0.3) is 0 Å². The number of hydrogen-bond donors (Lipinski definition) is 2. The number of fused-ring (bicyclic) bond motifs is 1. The molecule has 0 spiro atoms. The Bertz CT molecular complexity index is 642. The number of carbonyl (C=O) groups excluding carboxylic acids is 1. The van der Waals surface area contributed by atoms with Crippen molar-refractivity contribution in [1.29, 1.82) is 0 Å². The fraction of sp³-hybridized carbons (Fsp3) is 0.438. The monoisotopic (exact) mass is 287 g/mol. The summed E-state index contributed by atoms with van der Waals surface area (Å²) < 4.78 is 2.32. The van der Waals surface area contributed by atoms with E-state index in [-0.39, 0.29) is 17.4 Å². The second-order valence-corrected chi connectivity index (χ2v) is 5.75. The Labute approximate surface area is 124 Å². The first-order valence-corrected chi connectivity index (χ1v) is 7.49. The minimum atomic E-state index is -0.371. The van der Waals surface area contributed by atoms with Crippen molar-refractivity contribution in [2.75, 3.05) is 20.1 Å². The van der Waals surface area contributed by atoms with Gasteiger partial charge < -0.3 is 20.2 Å². The van der Waals surface area contributed by atoms with E-state index in [1.807, 2.05) is 12.1 Å². The van der Waals surface area contributed by atoms with Crippen LogP contribution in [0.25, 0.3) is 10.9 Å². The molecule has 1 amide bonds. The molecule has 0 aliphatic carbocycles. The molecule has 0 saturated carbocycles. The lowest BCUT2D eigenvalue weighted by Crippen LogP contribution is -3.07. The number of benzene rings is 1. The summed E-state index contributed by atoms with van der Waals surface area (Å²) >= 11 is 0. The van der Waals surface area contributed by atoms with E-state index in [1.165, 1.54) is 12.4 Å². The Morgan fingerprint density at radius 3 is 2.86 bits per heavy atom. The summed E-state index contributed by atoms with van der Waals surface area (Å²) in [5.41, 5.74) is 2.08. The molecule has 3 rings (SSSR count). The third-order valence-electron chi connectivity index (χ3n) is 4.25. The van der Waals surface area contributed by atoms with Gasteiger partial charge in [0.05, 0.1) is 13.5 Å². The van der Waals surface area contributed by atoms with E-state index >= 15 is 0 Å². The number of rotatable bonds is 3. The maximum Gasteiger partial charge on any atom is 0.316 e. The van der Waals surface area contributed by atoms with E-state index in [1.54, 1.807) is 0 Å². The number of quaternary nitrogens is 1. The number of piperidine rings is 1. The van der Waals surface area contributed by atoms with E-state index in [9.17, 15) is 10.0 Å². The Balaban J connectivity index is 1.90. The van der Waals surface area contributed by atoms with Crippen LogP contribution in [0.2, 0.25) is 0 Å². The highest BCUT2D eigenvalue weighted by Crippen LogP contribution is 2.26. The van der Waals surface area contributed by atoms with Gasteiger partial charge >= 0.3 is 5.91 Å². The second-order valence-electron chi connectivity index (χ2n) is 5.75. The average Bonchev–Trinajstić information content (AvgIpc) is 2.91. The lowest BCUT2D eigenvalue weighted by molar-refractivity contribution is -0.740. The Hall–Kier alpha value is -1.69. The summed E-state index contributed by atoms with van der Waals surface area (Å²) in [6.07, 6.45) is 4.58. The zero-order valence-electron chi connectivity index (χ0n) is 12.3. The molecule has 1 aromatic carbocycles. The van der Waals surface area contributed by atoms with Crippen molar-refractivity contribution >= 4 is 16.8 Å². The molecule has 1 aliphatic heterocycles. The van der Waals surface area contributed by atoms with Gasteiger partial charge in [0.15, 0.2) is 0 Å². The molecule has 2 N–H and O–H groups in total. The van der Waals surface area contributed by atoms with E-state index in [4.69, 9.17) is 0 Å². The molecule has 2 heterocycles. The number of nitrogens with zero attached hydrogens (tertiary/aromatic N) is 1. The molecule has 112 valence electrons. The van der Waals surface area contributed by atoms with Crippen LogP contribution >= 0.6 is 0 Å². The number of nitrogens with one attached hydrogen (secondary N) is 2. The standard InChI is InChI=1S/C16H21N3O2/c1-18(21)16(20)11-12-2-3-13-6-9-19(15(13)10-12)14-4-7-17-8-5-14/h2-3,6,9-10,14,17-18H,4-5,7-8,11H2,1H3. The predicted octanol–water partition coefficient (Wildman–Crippen LogP) is 0.647. The molecule has 1 aliphatic rings. The van der Waals surface area contributed by atoms with Crippen LogP contribution in [0.4, 0.5) is 0 Å². The van der Waals surface area contributed by atoms with E-state index < -0.39 is 0 Å². The highest BCUT2D eigenvalue weighted by atomic mass is 16.5. The highest BCUT2D eigenvalue weighted by Gasteiger charge is 2.17. The minimum absolute atomic E-state index is 0.197. The van der Waals surface area contributed by atoms with E-state index in [0.29, 0.717) is 6.04 Å². The quantitative estimate of drug-likeness (QED) is 0.815. The average molecular weight is 287 g/mol. The van der Waals surface area contributed by atoms with Crippen LogP contribution < -0.4 is 10.4 Å². The Kier molecular flexibility index (Phi) is 4.05. The van der Waals surface area contributed by atoms with Crippen LogP contribution in [0.5, 0.6) is 0 Å². The molecule has 1 fully saturated rings. The lowest BCUT2D eigenvalue weighted by Gasteiger charge is -2.25. The third-order valence-corrected chi connectivity index (χ3v) is 4.25. The lowest BCUT2D eigenvalue weighted by atomic mass is 10.1. The van der Waals surface area contributed by atoms with Crippen molar-refractivity contribution in [2.24, 2.45) is 0 Å². The number of amides is 1. The van der Waals surface area contributed by atoms with Gasteiger partial charge in [0.1, 0.15) is 0 Å². The highest BCUT2D eigenvalue weighted by molar-refractivity contribution is 5.82. The maximum absolute atomic E-state index is 11.6. The normalized spacial score (nSPS) is 18.0. The van der Waals surface area contributed by atoms with Gasteiger partial charge in [-0.05, 0) is 49.0 Å². The third kappa shape index (κ3) is 3.00. The number of aromatic nitrogens is 1. The topological polar surface area (TPSA) is 61.5 Å². The molecular formula is C16H21N3O2. The molecule has 5 heteroatoms. The first-order valence-electron chi connectivity index (χ1n) is 7.49. The van der Waals surface area contributed by atoms with Crippen LogP contribution in [0, 0.1) is 5.21 Å². The molecule has 1 saturated heterocycles. The molecular weight excluding hydrogens is 266 g/mol. The van der Waals surface area contributed by atoms with Crippen LogP contribution in [0.3, 0.4) is 0 Å². The largest absolute Gasteiger partial charge is 0.627 e. The first-order chi connectivity index (χ1) is 10.1. The molecule has 0 bridgehead atoms. The van der Waals surface area contributed by atoms with Gasteiger partial charge in [0.2, 0.25) is 0 Å². The zero-order chi connectivity index (χ0) is 14.8. The summed E-state index contributed by atoms with van der Waals surface area (Å²) in [6.45, 7) is 2.10. The SMILES string of the molecule is C[NH+]([O-])C(=O)Cc1ccc2ccn(C3CCNCC3)c2c1. The van der Waals surface area contributed by atoms with Crippen molar-refractivity contribution in [3.63, 3.8) is 0 Å². The van der Waals surface area contributed by atoms with Crippen molar-refractivity contribution < 1.29 is 9.86 Å². The second kappa shape index (κ2) is 5.97. The number of hydroxylamine groups is 2. The van der Waals surface area contributed by atoms with Gasteiger partial charge in [-0.1, -0.05) is 12.1 Å². The van der Waals surface area contributed by atoms with E-state index in [0.717, 1.165) is 37.0 Å². The molecule has 5 nitrogen and oxygen atoms in total. The predicted molar refractivity (Wildman–Crippen MR) is 82.0 cm³/mol. The minimum Gasteiger partial charge on any atom is -0.627 e. The zero-order valence-corrected chi connectivity index (χ0v) is 12.3. The van der Waals surface area contributed by atoms with Crippen molar-refractivity contribution in [3.8, 4) is 0 Å². The molecule has 1 atom stereocenters. The summed E-state index contributed by atoms with van der Waals surface area (Å²) in [4.78, 5) is 11.6. The van der Waals surface area contributed by atoms with Gasteiger partial charge in [-0.15, -0.1) is 0 Å². The van der Waals surface area contributed by atoms with Crippen LogP contribution in [0.1, 0.15) is 24.4 Å². The summed E-state index contributed by atoms with van der Waals surface area (Å²) in [5.74, 6) is -0.325. The summed E-state index contributed by atoms with van der Waals surface area (Å²) in [7, 11) is 1.33. The van der Waals surface area contributed by atoms with E-state index in [2.05, 4.69) is 28.2 Å². The maximum atomic E-state index is 11.6. The smallest absolute Gasteiger partial charge is 0.316 e. The number of carbonyl (C=O) groups is 1. The van der Waals surface area contributed by atoms with Gasteiger partial charge in [-0.3, -0.25) is 0 Å². The van der Waals surface area contributed by atoms with Crippen LogP contribution in [0.15, 0.2) is 30.5 Å². The number of hydrogen-bond acceptors (Lipinski definition) is 3. The van der Waals surface area contributed by atoms with Crippen LogP contribution in [-0.4, -0.2) is 30.6 Å². The van der Waals surface area contributed by atoms with Gasteiger partial charge in [0, 0.05) is 17.8 Å². The molecule has 1 unspecified atom stereocenters. The van der Waals surface area contributed by atoms with Gasteiger partial charge in [-0.25, -0.2) is 4.79 Å². The van der Waals surface area contributed by atoms with Crippen molar-refractivity contribution in [3.05, 3.63) is 41.2 Å². The van der Waals surface area contributed by atoms with Gasteiger partial charge in [-0.2, -0.15) is 0 Å². The Morgan fingerprint density at radius 1 is 1.38 bits per heavy atom. The number of likely N-dealkylation sites (N-methyl/N-ethyl adjacent to an activating group) is 1. The molecule has 1 aromatic heterocycles. The molecule has 2 aromatic rings. The van der Waals surface area contributed by atoms with Crippen LogP contribution in [-0.2, 0) is 11.2 Å². The van der Waals surface area contributed by atoms with Crippen molar-refractivity contribution in [2.45, 2.75) is 25.3 Å². The molecule has 21 heavy (non-hydrogen) atoms. The first kappa shape index (κ1) is 14.3. The fourth-order valence-corrected chi connectivity index (χ4v) is 3.02. The molecule has 0 radical (unpaired) electrons. The van der Waals surface area contributed by atoms with Crippen molar-refractivity contribution in [1.82, 2.24) is 9.88 Å². The fourth-order valence-electron chi connectivity index (χ4n) is 3.02. The summed E-state index contributed by atoms with van der Waals surface area (Å²) in [5, 5.41) is 15.3. The summed E-state index contributed by atoms with van der Waals surface area (Å²) in [6, 6.07) is 8.67. The Morgan fingerprint density at radius 2 is 2.14 bits per heavy atom.